The number of thiophene rings is 1. The van der Waals surface area contributed by atoms with E-state index in [1.807, 2.05) is 22.9 Å². The molecule has 0 atom stereocenters. The Hall–Kier alpha value is -1.10. The number of aromatic nitrogens is 3. The van der Waals surface area contributed by atoms with Crippen molar-refractivity contribution in [2.75, 3.05) is 0 Å². The van der Waals surface area contributed by atoms with E-state index in [1.165, 1.54) is 11.3 Å². The minimum absolute atomic E-state index is 0.654. The fraction of sp³-hybridized carbons (Fsp3) is 0. The van der Waals surface area contributed by atoms with Gasteiger partial charge in [0.05, 0.1) is 16.2 Å². The number of fused-ring (bicyclic) bond motifs is 1. The molecule has 0 saturated carbocycles. The lowest BCUT2D eigenvalue weighted by molar-refractivity contribution is 1.13. The molecule has 16 heavy (non-hydrogen) atoms. The molecule has 0 bridgehead atoms. The Morgan fingerprint density at radius 1 is 1.31 bits per heavy atom. The SMILES string of the molecule is Clc1cc(-c2cn3ccncc3n2)c(Cl)s1. The average molecular weight is 270 g/mol. The van der Waals surface area contributed by atoms with Crippen LogP contribution >= 0.6 is 34.5 Å². The molecule has 3 heterocycles. The molecule has 0 radical (unpaired) electrons. The van der Waals surface area contributed by atoms with E-state index in [9.17, 15) is 0 Å². The van der Waals surface area contributed by atoms with Gasteiger partial charge in [-0.25, -0.2) is 4.98 Å². The Bertz CT molecular complexity index is 626. The quantitative estimate of drug-likeness (QED) is 0.673. The largest absolute Gasteiger partial charge is 0.304 e. The van der Waals surface area contributed by atoms with Crippen LogP contribution in [0.25, 0.3) is 16.9 Å². The van der Waals surface area contributed by atoms with Crippen LogP contribution in [-0.2, 0) is 0 Å². The van der Waals surface area contributed by atoms with Crippen molar-refractivity contribution in [3.63, 3.8) is 0 Å². The maximum atomic E-state index is 6.08. The predicted molar refractivity (Wildman–Crippen MR) is 66.3 cm³/mol. The zero-order chi connectivity index (χ0) is 11.1. The maximum absolute atomic E-state index is 6.08. The van der Waals surface area contributed by atoms with Crippen molar-refractivity contribution < 1.29 is 0 Å². The van der Waals surface area contributed by atoms with Crippen molar-refractivity contribution in [1.82, 2.24) is 14.4 Å². The highest BCUT2D eigenvalue weighted by Gasteiger charge is 2.11. The molecule has 3 aromatic heterocycles. The zero-order valence-corrected chi connectivity index (χ0v) is 10.2. The zero-order valence-electron chi connectivity index (χ0n) is 7.89. The highest BCUT2D eigenvalue weighted by Crippen LogP contribution is 2.37. The lowest BCUT2D eigenvalue weighted by Gasteiger charge is -1.89. The van der Waals surface area contributed by atoms with Crippen molar-refractivity contribution in [3.8, 4) is 11.3 Å². The monoisotopic (exact) mass is 269 g/mol. The van der Waals surface area contributed by atoms with Crippen molar-refractivity contribution >= 4 is 40.2 Å². The van der Waals surface area contributed by atoms with E-state index in [0.29, 0.717) is 8.67 Å². The van der Waals surface area contributed by atoms with Crippen LogP contribution in [0.15, 0.2) is 30.9 Å². The van der Waals surface area contributed by atoms with Crippen LogP contribution in [-0.4, -0.2) is 14.4 Å². The molecule has 3 nitrogen and oxygen atoms in total. The molecule has 0 fully saturated rings. The van der Waals surface area contributed by atoms with Gasteiger partial charge in [0.2, 0.25) is 0 Å². The second-order valence-electron chi connectivity index (χ2n) is 3.21. The van der Waals surface area contributed by atoms with Gasteiger partial charge in [-0.3, -0.25) is 4.98 Å². The van der Waals surface area contributed by atoms with Crippen molar-refractivity contribution in [1.29, 1.82) is 0 Å². The first-order valence-electron chi connectivity index (χ1n) is 4.48. The highest BCUT2D eigenvalue weighted by atomic mass is 35.5. The molecule has 0 N–H and O–H groups in total. The van der Waals surface area contributed by atoms with Crippen LogP contribution in [0.1, 0.15) is 0 Å². The average Bonchev–Trinajstić information content (AvgIpc) is 2.81. The summed E-state index contributed by atoms with van der Waals surface area (Å²) >= 11 is 13.3. The summed E-state index contributed by atoms with van der Waals surface area (Å²) < 4.78 is 3.21. The van der Waals surface area contributed by atoms with E-state index >= 15 is 0 Å². The summed E-state index contributed by atoms with van der Waals surface area (Å²) in [6.07, 6.45) is 7.15. The van der Waals surface area contributed by atoms with Crippen LogP contribution in [0.2, 0.25) is 8.67 Å². The number of rotatable bonds is 1. The van der Waals surface area contributed by atoms with Crippen molar-refractivity contribution in [2.45, 2.75) is 0 Å². The third-order valence-corrected chi connectivity index (χ3v) is 3.68. The van der Waals surface area contributed by atoms with Gasteiger partial charge in [0.15, 0.2) is 5.65 Å². The summed E-state index contributed by atoms with van der Waals surface area (Å²) in [6, 6.07) is 1.82. The van der Waals surface area contributed by atoms with Gasteiger partial charge in [-0.15, -0.1) is 11.3 Å². The summed E-state index contributed by atoms with van der Waals surface area (Å²) in [5.74, 6) is 0. The lowest BCUT2D eigenvalue weighted by Crippen LogP contribution is -1.81. The fourth-order valence-electron chi connectivity index (χ4n) is 1.49. The van der Waals surface area contributed by atoms with Gasteiger partial charge in [-0.1, -0.05) is 23.2 Å². The number of nitrogens with zero attached hydrogens (tertiary/aromatic N) is 3. The van der Waals surface area contributed by atoms with Crippen LogP contribution < -0.4 is 0 Å². The summed E-state index contributed by atoms with van der Waals surface area (Å²) in [5, 5.41) is 0. The van der Waals surface area contributed by atoms with E-state index in [2.05, 4.69) is 9.97 Å². The van der Waals surface area contributed by atoms with E-state index < -0.39 is 0 Å². The highest BCUT2D eigenvalue weighted by molar-refractivity contribution is 7.20. The molecule has 0 amide bonds. The first-order valence-corrected chi connectivity index (χ1v) is 6.05. The molecule has 0 aliphatic rings. The smallest absolute Gasteiger partial charge is 0.155 e. The molecule has 3 rings (SSSR count). The molecule has 80 valence electrons. The Morgan fingerprint density at radius 3 is 2.88 bits per heavy atom. The molecule has 0 aromatic carbocycles. The number of hydrogen-bond donors (Lipinski definition) is 0. The van der Waals surface area contributed by atoms with Gasteiger partial charge in [-0.2, -0.15) is 0 Å². The maximum Gasteiger partial charge on any atom is 0.155 e. The molecule has 0 aliphatic carbocycles. The first-order chi connectivity index (χ1) is 7.74. The van der Waals surface area contributed by atoms with E-state index in [0.717, 1.165) is 16.9 Å². The van der Waals surface area contributed by atoms with Crippen LogP contribution in [0.5, 0.6) is 0 Å². The predicted octanol–water partition coefficient (Wildman–Crippen LogP) is 3.76. The Balaban J connectivity index is 2.22. The van der Waals surface area contributed by atoms with Gasteiger partial charge in [0, 0.05) is 24.2 Å². The Labute approximate surface area is 105 Å². The van der Waals surface area contributed by atoms with Gasteiger partial charge >= 0.3 is 0 Å². The molecule has 3 aromatic rings. The number of halogens is 2. The standard InChI is InChI=1S/C10H5Cl2N3S/c11-8-3-6(10(12)16-8)7-5-15-2-1-13-4-9(15)14-7/h1-5H. The number of hydrogen-bond acceptors (Lipinski definition) is 3. The molecular weight excluding hydrogens is 265 g/mol. The Morgan fingerprint density at radius 2 is 2.19 bits per heavy atom. The van der Waals surface area contributed by atoms with Crippen LogP contribution in [0.3, 0.4) is 0 Å². The van der Waals surface area contributed by atoms with E-state index in [4.69, 9.17) is 23.2 Å². The second kappa shape index (κ2) is 3.73. The van der Waals surface area contributed by atoms with Crippen LogP contribution in [0.4, 0.5) is 0 Å². The van der Waals surface area contributed by atoms with Gasteiger partial charge in [0.25, 0.3) is 0 Å². The minimum atomic E-state index is 0.654. The Kier molecular flexibility index (Phi) is 2.35. The van der Waals surface area contributed by atoms with Gasteiger partial charge in [0.1, 0.15) is 4.34 Å². The van der Waals surface area contributed by atoms with Crippen molar-refractivity contribution in [3.05, 3.63) is 39.5 Å². The summed E-state index contributed by atoms with van der Waals surface area (Å²) in [7, 11) is 0. The third kappa shape index (κ3) is 1.59. The van der Waals surface area contributed by atoms with E-state index in [-0.39, 0.29) is 0 Å². The van der Waals surface area contributed by atoms with Gasteiger partial charge < -0.3 is 4.40 Å². The molecule has 0 unspecified atom stereocenters. The lowest BCUT2D eigenvalue weighted by atomic mass is 10.3. The first kappa shape index (κ1) is 10.1. The molecule has 6 heteroatoms. The van der Waals surface area contributed by atoms with E-state index in [1.54, 1.807) is 12.4 Å². The molecule has 0 spiro atoms. The summed E-state index contributed by atoms with van der Waals surface area (Å²) in [5.41, 5.74) is 2.46. The van der Waals surface area contributed by atoms with Crippen molar-refractivity contribution in [2.24, 2.45) is 0 Å². The van der Waals surface area contributed by atoms with Gasteiger partial charge in [-0.05, 0) is 6.07 Å². The van der Waals surface area contributed by atoms with Crippen LogP contribution in [0, 0.1) is 0 Å². The summed E-state index contributed by atoms with van der Waals surface area (Å²) in [6.45, 7) is 0. The topological polar surface area (TPSA) is 30.2 Å². The minimum Gasteiger partial charge on any atom is -0.304 e. The fourth-order valence-corrected chi connectivity index (χ4v) is 2.97. The third-order valence-electron chi connectivity index (χ3n) is 2.20. The molecular formula is C10H5Cl2N3S. The normalized spacial score (nSPS) is 11.1. The summed E-state index contributed by atoms with van der Waals surface area (Å²) in [4.78, 5) is 8.43. The molecule has 0 aliphatic heterocycles. The molecule has 0 saturated heterocycles. The second-order valence-corrected chi connectivity index (χ2v) is 5.49. The number of imidazole rings is 1.